The summed E-state index contributed by atoms with van der Waals surface area (Å²) in [4.78, 5) is 0. The van der Waals surface area contributed by atoms with Crippen LogP contribution in [0, 0.1) is 11.8 Å². The highest BCUT2D eigenvalue weighted by Gasteiger charge is 2.38. The van der Waals surface area contributed by atoms with Crippen LogP contribution in [0.4, 0.5) is 0 Å². The van der Waals surface area contributed by atoms with Crippen molar-refractivity contribution in [1.82, 2.24) is 0 Å². The zero-order valence-electron chi connectivity index (χ0n) is 13.9. The van der Waals surface area contributed by atoms with E-state index in [1.807, 2.05) is 0 Å². The van der Waals surface area contributed by atoms with Crippen molar-refractivity contribution in [3.63, 3.8) is 0 Å². The summed E-state index contributed by atoms with van der Waals surface area (Å²) in [6.45, 7) is 11.5. The van der Waals surface area contributed by atoms with Crippen molar-refractivity contribution in [3.05, 3.63) is 35.4 Å². The Labute approximate surface area is 125 Å². The molecule has 20 heavy (non-hydrogen) atoms. The molecule has 3 unspecified atom stereocenters. The van der Waals surface area contributed by atoms with E-state index in [1.54, 1.807) is 0 Å². The van der Waals surface area contributed by atoms with Gasteiger partial charge in [0.2, 0.25) is 0 Å². The molecule has 1 aromatic carbocycles. The minimum atomic E-state index is -0.0130. The largest absolute Gasteiger partial charge is 0.325 e. The van der Waals surface area contributed by atoms with E-state index >= 15 is 0 Å². The van der Waals surface area contributed by atoms with Gasteiger partial charge < -0.3 is 5.73 Å². The fourth-order valence-corrected chi connectivity index (χ4v) is 3.55. The molecule has 0 amide bonds. The fraction of sp³-hybridized carbons (Fsp3) is 0.684. The molecule has 0 saturated heterocycles. The smallest absolute Gasteiger partial charge is 0.0223 e. The Morgan fingerprint density at radius 1 is 1.15 bits per heavy atom. The van der Waals surface area contributed by atoms with Crippen LogP contribution in [0.25, 0.3) is 0 Å². The fourth-order valence-electron chi connectivity index (χ4n) is 3.55. The zero-order valence-corrected chi connectivity index (χ0v) is 13.9. The highest BCUT2D eigenvalue weighted by atomic mass is 14.8. The lowest BCUT2D eigenvalue weighted by Crippen LogP contribution is -2.52. The summed E-state index contributed by atoms with van der Waals surface area (Å²) in [7, 11) is 0. The third kappa shape index (κ3) is 3.25. The normalized spacial score (nSPS) is 31.3. The lowest BCUT2D eigenvalue weighted by molar-refractivity contribution is 0.143. The summed E-state index contributed by atoms with van der Waals surface area (Å²) in [6.07, 6.45) is 4.80. The lowest BCUT2D eigenvalue weighted by Gasteiger charge is -2.43. The average molecular weight is 273 g/mol. The molecule has 2 rings (SSSR count). The van der Waals surface area contributed by atoms with E-state index in [0.717, 1.165) is 12.3 Å². The Hall–Kier alpha value is -0.820. The molecule has 1 fully saturated rings. The van der Waals surface area contributed by atoms with Gasteiger partial charge in [0, 0.05) is 5.54 Å². The quantitative estimate of drug-likeness (QED) is 0.832. The van der Waals surface area contributed by atoms with E-state index in [2.05, 4.69) is 58.9 Å². The molecule has 0 spiro atoms. The molecular weight excluding hydrogens is 242 g/mol. The van der Waals surface area contributed by atoms with Gasteiger partial charge in [-0.3, -0.25) is 0 Å². The Kier molecular flexibility index (Phi) is 4.30. The summed E-state index contributed by atoms with van der Waals surface area (Å²) in [5.41, 5.74) is 9.75. The van der Waals surface area contributed by atoms with Crippen LogP contribution >= 0.6 is 0 Å². The Bertz CT molecular complexity index is 440. The SMILES string of the molecule is CC1CCCC(N)(Cc2ccc(C(C)(C)C)cc2)C1C. The summed E-state index contributed by atoms with van der Waals surface area (Å²) in [5.74, 6) is 1.36. The van der Waals surface area contributed by atoms with Crippen LogP contribution < -0.4 is 5.73 Å². The van der Waals surface area contributed by atoms with E-state index in [1.165, 1.54) is 30.4 Å². The van der Waals surface area contributed by atoms with Gasteiger partial charge in [0.1, 0.15) is 0 Å². The number of hydrogen-bond donors (Lipinski definition) is 1. The molecule has 0 aromatic heterocycles. The van der Waals surface area contributed by atoms with Crippen molar-refractivity contribution in [1.29, 1.82) is 0 Å². The summed E-state index contributed by atoms with van der Waals surface area (Å²) < 4.78 is 0. The topological polar surface area (TPSA) is 26.0 Å². The Balaban J connectivity index is 2.13. The number of benzene rings is 1. The molecule has 1 saturated carbocycles. The van der Waals surface area contributed by atoms with Gasteiger partial charge in [0.05, 0.1) is 0 Å². The lowest BCUT2D eigenvalue weighted by atomic mass is 9.66. The second kappa shape index (κ2) is 5.52. The molecule has 112 valence electrons. The van der Waals surface area contributed by atoms with Crippen LogP contribution in [-0.2, 0) is 11.8 Å². The van der Waals surface area contributed by atoms with Crippen LogP contribution in [0.3, 0.4) is 0 Å². The molecule has 1 aliphatic rings. The van der Waals surface area contributed by atoms with Crippen molar-refractivity contribution >= 4 is 0 Å². The first kappa shape index (κ1) is 15.6. The van der Waals surface area contributed by atoms with Crippen LogP contribution in [0.15, 0.2) is 24.3 Å². The first-order chi connectivity index (χ1) is 9.22. The highest BCUT2D eigenvalue weighted by molar-refractivity contribution is 5.28. The minimum Gasteiger partial charge on any atom is -0.325 e. The molecule has 1 nitrogen and oxygen atoms in total. The van der Waals surface area contributed by atoms with Gasteiger partial charge in [0.15, 0.2) is 0 Å². The minimum absolute atomic E-state index is 0.0130. The zero-order chi connectivity index (χ0) is 15.0. The molecule has 1 aliphatic carbocycles. The predicted molar refractivity (Wildman–Crippen MR) is 87.9 cm³/mol. The van der Waals surface area contributed by atoms with Gasteiger partial charge in [-0.05, 0) is 41.2 Å². The third-order valence-electron chi connectivity index (χ3n) is 5.42. The Morgan fingerprint density at radius 3 is 2.30 bits per heavy atom. The summed E-state index contributed by atoms with van der Waals surface area (Å²) in [5, 5.41) is 0. The highest BCUT2D eigenvalue weighted by Crippen LogP contribution is 2.38. The second-order valence-corrected chi connectivity index (χ2v) is 8.02. The van der Waals surface area contributed by atoms with E-state index in [9.17, 15) is 0 Å². The Morgan fingerprint density at radius 2 is 1.75 bits per heavy atom. The second-order valence-electron chi connectivity index (χ2n) is 8.02. The molecular formula is C19H31N. The molecule has 2 N–H and O–H groups in total. The van der Waals surface area contributed by atoms with Crippen molar-refractivity contribution in [2.75, 3.05) is 0 Å². The van der Waals surface area contributed by atoms with E-state index in [-0.39, 0.29) is 11.0 Å². The van der Waals surface area contributed by atoms with Crippen molar-refractivity contribution in [2.24, 2.45) is 17.6 Å². The first-order valence-corrected chi connectivity index (χ1v) is 8.11. The molecule has 0 aliphatic heterocycles. The molecule has 1 heteroatoms. The van der Waals surface area contributed by atoms with Gasteiger partial charge in [0.25, 0.3) is 0 Å². The maximum atomic E-state index is 6.75. The molecule has 3 atom stereocenters. The number of rotatable bonds is 2. The van der Waals surface area contributed by atoms with Crippen molar-refractivity contribution < 1.29 is 0 Å². The van der Waals surface area contributed by atoms with E-state index in [4.69, 9.17) is 5.73 Å². The van der Waals surface area contributed by atoms with Crippen molar-refractivity contribution in [3.8, 4) is 0 Å². The summed E-state index contributed by atoms with van der Waals surface area (Å²) in [6, 6.07) is 9.10. The number of nitrogens with two attached hydrogens (primary N) is 1. The van der Waals surface area contributed by atoms with Gasteiger partial charge >= 0.3 is 0 Å². The van der Waals surface area contributed by atoms with Crippen LogP contribution in [-0.4, -0.2) is 5.54 Å². The van der Waals surface area contributed by atoms with Gasteiger partial charge in [-0.1, -0.05) is 71.7 Å². The van der Waals surface area contributed by atoms with Crippen LogP contribution in [0.2, 0.25) is 0 Å². The maximum absolute atomic E-state index is 6.75. The molecule has 1 aromatic rings. The third-order valence-corrected chi connectivity index (χ3v) is 5.42. The van der Waals surface area contributed by atoms with Gasteiger partial charge in [-0.15, -0.1) is 0 Å². The standard InChI is InChI=1S/C19H31N/c1-14-7-6-12-19(20,15(14)2)13-16-8-10-17(11-9-16)18(3,4)5/h8-11,14-15H,6-7,12-13,20H2,1-5H3. The average Bonchev–Trinajstić information content (AvgIpc) is 2.35. The predicted octanol–water partition coefficient (Wildman–Crippen LogP) is 4.68. The number of hydrogen-bond acceptors (Lipinski definition) is 1. The summed E-state index contributed by atoms with van der Waals surface area (Å²) >= 11 is 0. The monoisotopic (exact) mass is 273 g/mol. The van der Waals surface area contributed by atoms with Crippen molar-refractivity contribution in [2.45, 2.75) is 71.3 Å². The van der Waals surface area contributed by atoms with Gasteiger partial charge in [-0.25, -0.2) is 0 Å². The first-order valence-electron chi connectivity index (χ1n) is 8.11. The maximum Gasteiger partial charge on any atom is 0.0223 e. The van der Waals surface area contributed by atoms with Crippen LogP contribution in [0.5, 0.6) is 0 Å². The molecule has 0 radical (unpaired) electrons. The molecule has 0 bridgehead atoms. The van der Waals surface area contributed by atoms with E-state index in [0.29, 0.717) is 5.92 Å². The molecule has 0 heterocycles. The van der Waals surface area contributed by atoms with E-state index < -0.39 is 0 Å². The van der Waals surface area contributed by atoms with Gasteiger partial charge in [-0.2, -0.15) is 0 Å². The van der Waals surface area contributed by atoms with Crippen LogP contribution in [0.1, 0.15) is 65.0 Å².